The number of aliphatic carboxylic acids is 1. The average molecular weight is 335 g/mol. The van der Waals surface area contributed by atoms with Gasteiger partial charge in [-0.05, 0) is 42.3 Å². The molecule has 0 aliphatic carbocycles. The number of hydrogen-bond acceptors (Lipinski definition) is 2. The number of carboxylic acid groups (broad SMARTS) is 1. The predicted octanol–water partition coefficient (Wildman–Crippen LogP) is 3.83. The van der Waals surface area contributed by atoms with Gasteiger partial charge in [0.15, 0.2) is 6.10 Å². The fourth-order valence-corrected chi connectivity index (χ4v) is 2.13. The van der Waals surface area contributed by atoms with E-state index in [1.54, 1.807) is 6.07 Å². The van der Waals surface area contributed by atoms with Crippen LogP contribution in [-0.4, -0.2) is 17.2 Å². The second kappa shape index (κ2) is 6.57. The Morgan fingerprint density at radius 3 is 2.55 bits per heavy atom. The highest BCUT2D eigenvalue weighted by atomic mass is 79.9. The first-order valence-corrected chi connectivity index (χ1v) is 7.04. The van der Waals surface area contributed by atoms with Crippen LogP contribution in [-0.2, 0) is 11.2 Å². The summed E-state index contributed by atoms with van der Waals surface area (Å²) in [4.78, 5) is 11.3. The Balaban J connectivity index is 2.11. The van der Waals surface area contributed by atoms with E-state index in [0.29, 0.717) is 12.2 Å². The van der Waals surface area contributed by atoms with Gasteiger partial charge in [-0.2, -0.15) is 0 Å². The summed E-state index contributed by atoms with van der Waals surface area (Å²) in [5.74, 6) is -0.385. The maximum absolute atomic E-state index is 11.3. The fraction of sp³-hybridized carbons (Fsp3) is 0.188. The molecule has 0 bridgehead atoms. The van der Waals surface area contributed by atoms with Crippen LogP contribution < -0.4 is 4.74 Å². The Bertz CT molecular complexity index is 593. The SMILES string of the molecule is Cc1cccc(O[C@H](Cc2ccc(Br)cc2)C(=O)O)c1. The summed E-state index contributed by atoms with van der Waals surface area (Å²) in [6, 6.07) is 14.9. The predicted molar refractivity (Wildman–Crippen MR) is 81.1 cm³/mol. The van der Waals surface area contributed by atoms with Crippen LogP contribution in [0.1, 0.15) is 11.1 Å². The standard InChI is InChI=1S/C16H15BrO3/c1-11-3-2-4-14(9-11)20-15(16(18)19)10-12-5-7-13(17)8-6-12/h2-9,15H,10H2,1H3,(H,18,19)/t15-/m1/s1. The normalized spacial score (nSPS) is 11.9. The van der Waals surface area contributed by atoms with Crippen molar-refractivity contribution in [2.45, 2.75) is 19.4 Å². The van der Waals surface area contributed by atoms with E-state index >= 15 is 0 Å². The Labute approximate surface area is 126 Å². The van der Waals surface area contributed by atoms with E-state index in [1.165, 1.54) is 0 Å². The van der Waals surface area contributed by atoms with Gasteiger partial charge in [0.25, 0.3) is 0 Å². The number of hydrogen-bond donors (Lipinski definition) is 1. The van der Waals surface area contributed by atoms with Gasteiger partial charge < -0.3 is 9.84 Å². The Morgan fingerprint density at radius 1 is 1.25 bits per heavy atom. The van der Waals surface area contributed by atoms with Crippen molar-refractivity contribution in [3.63, 3.8) is 0 Å². The lowest BCUT2D eigenvalue weighted by atomic mass is 10.1. The average Bonchev–Trinajstić information content (AvgIpc) is 2.40. The molecule has 2 rings (SSSR count). The highest BCUT2D eigenvalue weighted by Gasteiger charge is 2.20. The lowest BCUT2D eigenvalue weighted by Gasteiger charge is -2.15. The smallest absolute Gasteiger partial charge is 0.345 e. The first-order valence-electron chi connectivity index (χ1n) is 6.25. The van der Waals surface area contributed by atoms with E-state index in [-0.39, 0.29) is 0 Å². The molecule has 0 radical (unpaired) electrons. The minimum atomic E-state index is -0.963. The summed E-state index contributed by atoms with van der Waals surface area (Å²) in [6.07, 6.45) is -0.561. The summed E-state index contributed by atoms with van der Waals surface area (Å²) in [5, 5.41) is 9.29. The lowest BCUT2D eigenvalue weighted by molar-refractivity contribution is -0.145. The Kier molecular flexibility index (Phi) is 4.79. The summed E-state index contributed by atoms with van der Waals surface area (Å²) in [6.45, 7) is 1.94. The van der Waals surface area contributed by atoms with Crippen LogP contribution in [0.5, 0.6) is 5.75 Å². The molecule has 2 aromatic carbocycles. The maximum Gasteiger partial charge on any atom is 0.345 e. The van der Waals surface area contributed by atoms with Crippen molar-refractivity contribution < 1.29 is 14.6 Å². The van der Waals surface area contributed by atoms with Gasteiger partial charge in [-0.3, -0.25) is 0 Å². The number of carboxylic acids is 1. The van der Waals surface area contributed by atoms with E-state index in [0.717, 1.165) is 15.6 Å². The number of halogens is 1. The molecular formula is C16H15BrO3. The van der Waals surface area contributed by atoms with Crippen molar-refractivity contribution in [2.24, 2.45) is 0 Å². The first kappa shape index (κ1) is 14.6. The number of benzene rings is 2. The molecule has 0 aromatic heterocycles. The fourth-order valence-electron chi connectivity index (χ4n) is 1.87. The Morgan fingerprint density at radius 2 is 1.95 bits per heavy atom. The van der Waals surface area contributed by atoms with E-state index in [9.17, 15) is 9.90 Å². The number of carbonyl (C=O) groups is 1. The van der Waals surface area contributed by atoms with Crippen LogP contribution in [0.25, 0.3) is 0 Å². The molecule has 0 spiro atoms. The van der Waals surface area contributed by atoms with Crippen LogP contribution in [0.15, 0.2) is 53.0 Å². The Hall–Kier alpha value is -1.81. The minimum absolute atomic E-state index is 0.330. The highest BCUT2D eigenvalue weighted by molar-refractivity contribution is 9.10. The molecule has 0 aliphatic heterocycles. The molecule has 1 atom stereocenters. The summed E-state index contributed by atoms with van der Waals surface area (Å²) >= 11 is 3.35. The van der Waals surface area contributed by atoms with Gasteiger partial charge in [-0.15, -0.1) is 0 Å². The second-order valence-electron chi connectivity index (χ2n) is 4.59. The zero-order chi connectivity index (χ0) is 14.5. The number of aryl methyl sites for hydroxylation is 1. The third kappa shape index (κ3) is 4.10. The molecule has 0 saturated carbocycles. The third-order valence-electron chi connectivity index (χ3n) is 2.88. The van der Waals surface area contributed by atoms with Gasteiger partial charge >= 0.3 is 5.97 Å². The molecule has 0 saturated heterocycles. The molecule has 0 fully saturated rings. The third-order valence-corrected chi connectivity index (χ3v) is 3.41. The van der Waals surface area contributed by atoms with Crippen LogP contribution in [0.3, 0.4) is 0 Å². The highest BCUT2D eigenvalue weighted by Crippen LogP contribution is 2.17. The first-order chi connectivity index (χ1) is 9.54. The second-order valence-corrected chi connectivity index (χ2v) is 5.51. The molecule has 20 heavy (non-hydrogen) atoms. The minimum Gasteiger partial charge on any atom is -0.478 e. The molecule has 0 heterocycles. The van der Waals surface area contributed by atoms with E-state index in [2.05, 4.69) is 15.9 Å². The summed E-state index contributed by atoms with van der Waals surface area (Å²) < 4.78 is 6.55. The van der Waals surface area contributed by atoms with E-state index in [4.69, 9.17) is 4.74 Å². The number of ether oxygens (including phenoxy) is 1. The molecule has 0 amide bonds. The van der Waals surface area contributed by atoms with Crippen LogP contribution in [0.4, 0.5) is 0 Å². The molecule has 0 unspecified atom stereocenters. The van der Waals surface area contributed by atoms with Crippen molar-refractivity contribution >= 4 is 21.9 Å². The van der Waals surface area contributed by atoms with Crippen molar-refractivity contribution in [3.8, 4) is 5.75 Å². The van der Waals surface area contributed by atoms with Gasteiger partial charge in [0, 0.05) is 10.9 Å². The molecule has 3 nitrogen and oxygen atoms in total. The largest absolute Gasteiger partial charge is 0.478 e. The van der Waals surface area contributed by atoms with Crippen LogP contribution in [0.2, 0.25) is 0 Å². The van der Waals surface area contributed by atoms with Crippen molar-refractivity contribution in [2.75, 3.05) is 0 Å². The van der Waals surface area contributed by atoms with Gasteiger partial charge in [0.05, 0.1) is 0 Å². The van der Waals surface area contributed by atoms with E-state index < -0.39 is 12.1 Å². The van der Waals surface area contributed by atoms with Crippen molar-refractivity contribution in [3.05, 3.63) is 64.1 Å². The molecule has 1 N–H and O–H groups in total. The summed E-state index contributed by atoms with van der Waals surface area (Å²) in [5.41, 5.74) is 1.96. The lowest BCUT2D eigenvalue weighted by Crippen LogP contribution is -2.29. The van der Waals surface area contributed by atoms with Crippen molar-refractivity contribution in [1.29, 1.82) is 0 Å². The molecule has 0 aliphatic rings. The zero-order valence-electron chi connectivity index (χ0n) is 11.0. The maximum atomic E-state index is 11.3. The molecule has 2 aromatic rings. The van der Waals surface area contributed by atoms with Gasteiger partial charge in [-0.25, -0.2) is 4.79 Å². The molecule has 4 heteroatoms. The molecular weight excluding hydrogens is 320 g/mol. The van der Waals surface area contributed by atoms with Crippen LogP contribution >= 0.6 is 15.9 Å². The molecule has 104 valence electrons. The quantitative estimate of drug-likeness (QED) is 0.903. The zero-order valence-corrected chi connectivity index (χ0v) is 12.6. The van der Waals surface area contributed by atoms with Crippen molar-refractivity contribution in [1.82, 2.24) is 0 Å². The van der Waals surface area contributed by atoms with Gasteiger partial charge in [0.1, 0.15) is 5.75 Å². The monoisotopic (exact) mass is 334 g/mol. The van der Waals surface area contributed by atoms with E-state index in [1.807, 2.05) is 49.4 Å². The van der Waals surface area contributed by atoms with Crippen LogP contribution in [0, 0.1) is 6.92 Å². The number of rotatable bonds is 5. The summed E-state index contributed by atoms with van der Waals surface area (Å²) in [7, 11) is 0. The van der Waals surface area contributed by atoms with Gasteiger partial charge in [-0.1, -0.05) is 40.2 Å². The van der Waals surface area contributed by atoms with Gasteiger partial charge in [0.2, 0.25) is 0 Å². The topological polar surface area (TPSA) is 46.5 Å².